The van der Waals surface area contributed by atoms with Crippen LogP contribution in [0.3, 0.4) is 0 Å². The van der Waals surface area contributed by atoms with Gasteiger partial charge in [0.25, 0.3) is 5.91 Å². The van der Waals surface area contributed by atoms with E-state index < -0.39 is 12.1 Å². The van der Waals surface area contributed by atoms with Crippen molar-refractivity contribution in [1.29, 1.82) is 0 Å². The van der Waals surface area contributed by atoms with Crippen LogP contribution in [0.2, 0.25) is 0 Å². The summed E-state index contributed by atoms with van der Waals surface area (Å²) in [5.41, 5.74) is 0.555. The van der Waals surface area contributed by atoms with E-state index in [2.05, 4.69) is 0 Å². The number of ether oxygens (including phenoxy) is 1. The number of anilines is 1. The number of amides is 1. The average Bonchev–Trinajstić information content (AvgIpc) is 2.30. The van der Waals surface area contributed by atoms with E-state index in [1.165, 1.54) is 13.2 Å². The van der Waals surface area contributed by atoms with Crippen LogP contribution in [-0.4, -0.2) is 30.2 Å². The summed E-state index contributed by atoms with van der Waals surface area (Å²) in [5.74, 6) is -0.711. The molecule has 0 radical (unpaired) electrons. The van der Waals surface area contributed by atoms with Crippen molar-refractivity contribution in [3.63, 3.8) is 0 Å². The van der Waals surface area contributed by atoms with Gasteiger partial charge in [-0.05, 0) is 41.6 Å². The largest absolute Gasteiger partial charge is 0.561 e. The molecule has 1 aromatic carbocycles. The molecule has 0 aromatic heterocycles. The highest BCUT2D eigenvalue weighted by Gasteiger charge is 2.34. The predicted octanol–water partition coefficient (Wildman–Crippen LogP) is 0.831. The lowest BCUT2D eigenvalue weighted by atomic mass is 10.1. The van der Waals surface area contributed by atoms with Crippen LogP contribution < -0.4 is 9.80 Å². The molecule has 0 saturated carbocycles. The Labute approximate surface area is 117 Å². The SMILES string of the molecule is CON1C(=O)[C@@H](C)Oc2cc(I)c(C(=O)[OH2+])cc21. The predicted molar refractivity (Wildman–Crippen MR) is 71.7 cm³/mol. The zero-order valence-electron chi connectivity index (χ0n) is 9.69. The van der Waals surface area contributed by atoms with E-state index in [-0.39, 0.29) is 11.5 Å². The van der Waals surface area contributed by atoms with E-state index in [4.69, 9.17) is 14.7 Å². The Balaban J connectivity index is 2.60. The van der Waals surface area contributed by atoms with Crippen molar-refractivity contribution in [3.8, 4) is 5.75 Å². The number of halogens is 1. The summed E-state index contributed by atoms with van der Waals surface area (Å²) in [6.07, 6.45) is -0.647. The number of hydrogen-bond donors (Lipinski definition) is 0. The van der Waals surface area contributed by atoms with Gasteiger partial charge in [-0.25, -0.2) is 0 Å². The maximum atomic E-state index is 11.8. The molecule has 2 N–H and O–H groups in total. The summed E-state index contributed by atoms with van der Waals surface area (Å²) < 4.78 is 6.04. The van der Waals surface area contributed by atoms with Crippen molar-refractivity contribution in [2.45, 2.75) is 13.0 Å². The van der Waals surface area contributed by atoms with Crippen LogP contribution in [0, 0.1) is 3.57 Å². The van der Waals surface area contributed by atoms with E-state index in [1.54, 1.807) is 13.0 Å². The topological polar surface area (TPSA) is 78.7 Å². The number of benzene rings is 1. The third-order valence-electron chi connectivity index (χ3n) is 2.55. The molecule has 0 fully saturated rings. The van der Waals surface area contributed by atoms with Gasteiger partial charge in [0.05, 0.1) is 7.11 Å². The van der Waals surface area contributed by atoms with Gasteiger partial charge < -0.3 is 9.84 Å². The summed E-state index contributed by atoms with van der Waals surface area (Å²) in [5, 5.41) is 8.24. The van der Waals surface area contributed by atoms with E-state index in [1.807, 2.05) is 22.6 Å². The van der Waals surface area contributed by atoms with Gasteiger partial charge in [0.1, 0.15) is 17.0 Å². The van der Waals surface area contributed by atoms with Gasteiger partial charge in [-0.2, -0.15) is 5.06 Å². The van der Waals surface area contributed by atoms with E-state index in [9.17, 15) is 9.59 Å². The monoisotopic (exact) mass is 364 g/mol. The number of hydrogen-bond acceptors (Lipinski definition) is 4. The van der Waals surface area contributed by atoms with Gasteiger partial charge in [0.2, 0.25) is 0 Å². The van der Waals surface area contributed by atoms with Crippen LogP contribution in [0.25, 0.3) is 0 Å². The van der Waals surface area contributed by atoms with Crippen molar-refractivity contribution in [2.75, 3.05) is 12.2 Å². The molecule has 6 nitrogen and oxygen atoms in total. The molecule has 18 heavy (non-hydrogen) atoms. The maximum absolute atomic E-state index is 11.8. The molecule has 0 saturated heterocycles. The molecule has 0 spiro atoms. The Morgan fingerprint density at radius 1 is 1.56 bits per heavy atom. The van der Waals surface area contributed by atoms with Crippen LogP contribution in [0.1, 0.15) is 17.3 Å². The lowest BCUT2D eigenvalue weighted by molar-refractivity contribution is -0.132. The minimum atomic E-state index is -0.815. The lowest BCUT2D eigenvalue weighted by Gasteiger charge is -2.31. The minimum absolute atomic E-state index is 0.211. The third-order valence-corrected chi connectivity index (χ3v) is 3.44. The van der Waals surface area contributed by atoms with Crippen LogP contribution in [0.4, 0.5) is 5.69 Å². The Bertz CT molecular complexity index is 530. The fourth-order valence-electron chi connectivity index (χ4n) is 1.68. The van der Waals surface area contributed by atoms with Crippen LogP contribution in [-0.2, 0) is 9.63 Å². The summed E-state index contributed by atoms with van der Waals surface area (Å²) in [6, 6.07) is 3.05. The fourth-order valence-corrected chi connectivity index (χ4v) is 2.37. The molecule has 96 valence electrons. The Kier molecular flexibility index (Phi) is 3.44. The van der Waals surface area contributed by atoms with Gasteiger partial charge in [0, 0.05) is 8.36 Å². The van der Waals surface area contributed by atoms with Crippen molar-refractivity contribution >= 4 is 40.2 Å². The first-order valence-electron chi connectivity index (χ1n) is 5.10. The molecule has 0 bridgehead atoms. The van der Waals surface area contributed by atoms with Crippen LogP contribution in [0.5, 0.6) is 5.75 Å². The normalized spacial score (nSPS) is 18.3. The van der Waals surface area contributed by atoms with E-state index >= 15 is 0 Å². The third kappa shape index (κ3) is 2.03. The number of carbonyl (C=O) groups is 2. The molecule has 1 aliphatic heterocycles. The maximum Gasteiger partial charge on any atom is 0.550 e. The first kappa shape index (κ1) is 13.1. The van der Waals surface area contributed by atoms with Gasteiger partial charge in [-0.3, -0.25) is 9.63 Å². The summed E-state index contributed by atoms with van der Waals surface area (Å²) >= 11 is 1.95. The molecular weight excluding hydrogens is 353 g/mol. The minimum Gasteiger partial charge on any atom is -0.561 e. The van der Waals surface area contributed by atoms with Crippen molar-refractivity contribution in [3.05, 3.63) is 21.3 Å². The molecule has 2 rings (SSSR count). The van der Waals surface area contributed by atoms with Gasteiger partial charge >= 0.3 is 5.97 Å². The highest BCUT2D eigenvalue weighted by molar-refractivity contribution is 14.1. The molecule has 0 unspecified atom stereocenters. The summed E-state index contributed by atoms with van der Waals surface area (Å²) in [6.45, 7) is 1.62. The molecule has 1 aromatic rings. The molecule has 1 heterocycles. The van der Waals surface area contributed by atoms with E-state index in [0.29, 0.717) is 15.0 Å². The highest BCUT2D eigenvalue weighted by atomic mass is 127. The highest BCUT2D eigenvalue weighted by Crippen LogP contribution is 2.37. The zero-order chi connectivity index (χ0) is 13.4. The second-order valence-electron chi connectivity index (χ2n) is 3.70. The van der Waals surface area contributed by atoms with Crippen molar-refractivity contribution in [2.24, 2.45) is 0 Å². The summed E-state index contributed by atoms with van der Waals surface area (Å²) in [4.78, 5) is 28.0. The fraction of sp³-hybridized carbons (Fsp3) is 0.273. The number of fused-ring (bicyclic) bond motifs is 1. The number of hydroxylamine groups is 1. The molecule has 1 amide bonds. The number of rotatable bonds is 2. The van der Waals surface area contributed by atoms with Crippen LogP contribution in [0.15, 0.2) is 12.1 Å². The smallest absolute Gasteiger partial charge is 0.550 e. The Hall–Kier alpha value is -1.35. The lowest BCUT2D eigenvalue weighted by Crippen LogP contribution is -2.43. The standard InChI is InChI=1S/C11H10INO5/c1-5-10(14)13(17-2)8-3-6(11(15)16)7(12)4-9(8)18-5/h3-5H,1-2H3,(H,15,16)/p+1/t5-/m1/s1. The van der Waals surface area contributed by atoms with Crippen molar-refractivity contribution < 1.29 is 24.3 Å². The van der Waals surface area contributed by atoms with Crippen molar-refractivity contribution in [1.82, 2.24) is 0 Å². The zero-order valence-corrected chi connectivity index (χ0v) is 11.8. The quantitative estimate of drug-likeness (QED) is 0.575. The average molecular weight is 364 g/mol. The molecule has 7 heteroatoms. The second-order valence-corrected chi connectivity index (χ2v) is 4.87. The second kappa shape index (κ2) is 4.73. The van der Waals surface area contributed by atoms with Gasteiger partial charge in [-0.15, -0.1) is 0 Å². The number of carbonyl (C=O) groups excluding carboxylic acids is 2. The molecule has 0 aliphatic carbocycles. The van der Waals surface area contributed by atoms with Crippen LogP contribution >= 0.6 is 22.6 Å². The molecule has 1 aliphatic rings. The first-order chi connectivity index (χ1) is 8.45. The van der Waals surface area contributed by atoms with E-state index in [0.717, 1.165) is 5.06 Å². The van der Waals surface area contributed by atoms with Gasteiger partial charge in [-0.1, -0.05) is 0 Å². The Morgan fingerprint density at radius 2 is 2.22 bits per heavy atom. The number of nitrogens with zero attached hydrogens (tertiary/aromatic N) is 1. The molecule has 1 atom stereocenters. The molecular formula is C11H11INO5+. The Morgan fingerprint density at radius 3 is 2.78 bits per heavy atom. The van der Waals surface area contributed by atoms with Gasteiger partial charge in [0.15, 0.2) is 6.10 Å². The first-order valence-corrected chi connectivity index (χ1v) is 6.17. The summed E-state index contributed by atoms with van der Waals surface area (Å²) in [7, 11) is 1.36.